The Kier molecular flexibility index (Phi) is 5.25. The molecule has 0 spiro atoms. The molecule has 1 aromatic heterocycles. The average Bonchev–Trinajstić information content (AvgIpc) is 3.08. The number of rotatable bonds is 6. The third kappa shape index (κ3) is 4.54. The zero-order valence-corrected chi connectivity index (χ0v) is 13.6. The summed E-state index contributed by atoms with van der Waals surface area (Å²) in [6, 6.07) is 12.3. The van der Waals surface area contributed by atoms with Gasteiger partial charge in [-0.25, -0.2) is 9.18 Å². The van der Waals surface area contributed by atoms with Crippen LogP contribution in [0.3, 0.4) is 0 Å². The number of benzene rings is 2. The number of carbonyl (C=O) groups excluding carboxylic acids is 1. The summed E-state index contributed by atoms with van der Waals surface area (Å²) in [4.78, 5) is 15.8. The molecule has 0 fully saturated rings. The molecule has 0 amide bonds. The van der Waals surface area contributed by atoms with Crippen LogP contribution in [0.25, 0.3) is 11.4 Å². The number of aromatic nitrogens is 2. The average molecular weight is 363 g/mol. The molecule has 3 rings (SSSR count). The topological polar surface area (TPSA) is 74.5 Å². The van der Waals surface area contributed by atoms with Crippen molar-refractivity contribution < 1.29 is 23.2 Å². The number of ether oxygens (including phenoxy) is 2. The maximum atomic E-state index is 12.8. The van der Waals surface area contributed by atoms with E-state index in [-0.39, 0.29) is 24.9 Å². The minimum atomic E-state index is -0.623. The summed E-state index contributed by atoms with van der Waals surface area (Å²) in [7, 11) is 0. The van der Waals surface area contributed by atoms with E-state index in [0.29, 0.717) is 22.2 Å². The summed E-state index contributed by atoms with van der Waals surface area (Å²) >= 11 is 6.06. The Labute approximate surface area is 147 Å². The van der Waals surface area contributed by atoms with Crippen LogP contribution in [-0.4, -0.2) is 22.7 Å². The van der Waals surface area contributed by atoms with Crippen molar-refractivity contribution in [3.63, 3.8) is 0 Å². The molecule has 0 unspecified atom stereocenters. The number of hydrogen-bond acceptors (Lipinski definition) is 6. The smallest absolute Gasteiger partial charge is 0.344 e. The Bertz CT molecular complexity index is 867. The minimum Gasteiger partial charge on any atom is -0.482 e. The number of esters is 1. The van der Waals surface area contributed by atoms with Gasteiger partial charge in [0.15, 0.2) is 13.2 Å². The molecule has 128 valence electrons. The Hall–Kier alpha value is -2.93. The number of nitrogens with zero attached hydrogens (tertiary/aromatic N) is 2. The van der Waals surface area contributed by atoms with E-state index < -0.39 is 5.97 Å². The summed E-state index contributed by atoms with van der Waals surface area (Å²) in [5, 5.41) is 4.28. The normalized spacial score (nSPS) is 10.5. The van der Waals surface area contributed by atoms with Gasteiger partial charge in [0.05, 0.1) is 5.02 Å². The number of hydrogen-bond donors (Lipinski definition) is 0. The summed E-state index contributed by atoms with van der Waals surface area (Å²) in [5.74, 6) is -0.219. The molecule has 0 aliphatic carbocycles. The Balaban J connectivity index is 1.51. The van der Waals surface area contributed by atoms with Crippen LogP contribution in [0.5, 0.6) is 5.75 Å². The van der Waals surface area contributed by atoms with Gasteiger partial charge >= 0.3 is 5.97 Å². The van der Waals surface area contributed by atoms with Crippen molar-refractivity contribution in [1.29, 1.82) is 0 Å². The highest BCUT2D eigenvalue weighted by Crippen LogP contribution is 2.24. The van der Waals surface area contributed by atoms with Gasteiger partial charge in [0, 0.05) is 5.56 Å². The van der Waals surface area contributed by atoms with Crippen LogP contribution in [-0.2, 0) is 16.1 Å². The molecule has 3 aromatic rings. The molecular weight excluding hydrogens is 351 g/mol. The lowest BCUT2D eigenvalue weighted by atomic mass is 10.2. The second-order valence-corrected chi connectivity index (χ2v) is 5.30. The molecule has 1 heterocycles. The summed E-state index contributed by atoms with van der Waals surface area (Å²) in [6.07, 6.45) is 0. The second-order valence-electron chi connectivity index (χ2n) is 4.89. The van der Waals surface area contributed by atoms with Gasteiger partial charge in [-0.15, -0.1) is 0 Å². The number of halogens is 2. The Morgan fingerprint density at radius 3 is 2.68 bits per heavy atom. The van der Waals surface area contributed by atoms with Gasteiger partial charge < -0.3 is 14.0 Å². The van der Waals surface area contributed by atoms with Crippen LogP contribution in [0.1, 0.15) is 5.89 Å². The number of carbonyl (C=O) groups is 1. The first kappa shape index (κ1) is 16.9. The standard InChI is InChI=1S/C17H12ClFN2O4/c18-14-4-2-1-3-13(14)17-20-15(25-21-17)9-24-16(22)10-23-12-7-5-11(19)6-8-12/h1-8H,9-10H2. The molecule has 0 N–H and O–H groups in total. The molecule has 8 heteroatoms. The quantitative estimate of drug-likeness (QED) is 0.623. The molecule has 0 saturated heterocycles. The largest absolute Gasteiger partial charge is 0.482 e. The van der Waals surface area contributed by atoms with Crippen molar-refractivity contribution >= 4 is 17.6 Å². The van der Waals surface area contributed by atoms with Crippen LogP contribution in [0.2, 0.25) is 5.02 Å². The Morgan fingerprint density at radius 1 is 1.16 bits per heavy atom. The van der Waals surface area contributed by atoms with E-state index in [9.17, 15) is 9.18 Å². The molecule has 0 aliphatic heterocycles. The van der Waals surface area contributed by atoms with E-state index >= 15 is 0 Å². The lowest BCUT2D eigenvalue weighted by Gasteiger charge is -2.05. The van der Waals surface area contributed by atoms with Gasteiger partial charge in [-0.1, -0.05) is 28.9 Å². The van der Waals surface area contributed by atoms with E-state index in [2.05, 4.69) is 10.1 Å². The second kappa shape index (κ2) is 7.76. The molecule has 25 heavy (non-hydrogen) atoms. The molecule has 0 saturated carbocycles. The van der Waals surface area contributed by atoms with E-state index in [4.69, 9.17) is 25.6 Å². The minimum absolute atomic E-state index is 0.130. The zero-order valence-electron chi connectivity index (χ0n) is 12.8. The van der Waals surface area contributed by atoms with Crippen LogP contribution in [0, 0.1) is 5.82 Å². The monoisotopic (exact) mass is 362 g/mol. The van der Waals surface area contributed by atoms with Gasteiger partial charge in [-0.3, -0.25) is 0 Å². The maximum absolute atomic E-state index is 12.8. The fourth-order valence-corrected chi connectivity index (χ4v) is 2.14. The van der Waals surface area contributed by atoms with Crippen molar-refractivity contribution in [2.24, 2.45) is 0 Å². The van der Waals surface area contributed by atoms with Crippen molar-refractivity contribution in [3.05, 3.63) is 65.3 Å². The summed E-state index contributed by atoms with van der Waals surface area (Å²) < 4.78 is 27.9. The van der Waals surface area contributed by atoms with Gasteiger partial charge in [-0.05, 0) is 36.4 Å². The van der Waals surface area contributed by atoms with E-state index in [1.54, 1.807) is 24.3 Å². The van der Waals surface area contributed by atoms with Crippen LogP contribution in [0.4, 0.5) is 4.39 Å². The molecule has 0 atom stereocenters. The first-order valence-corrected chi connectivity index (χ1v) is 7.61. The third-order valence-corrected chi connectivity index (χ3v) is 3.44. The fourth-order valence-electron chi connectivity index (χ4n) is 1.92. The molecule has 0 aliphatic rings. The first-order chi connectivity index (χ1) is 12.1. The van der Waals surface area contributed by atoms with Crippen LogP contribution >= 0.6 is 11.6 Å². The lowest BCUT2D eigenvalue weighted by Crippen LogP contribution is -2.14. The third-order valence-electron chi connectivity index (χ3n) is 3.11. The van der Waals surface area contributed by atoms with Crippen LogP contribution < -0.4 is 4.74 Å². The predicted octanol–water partition coefficient (Wildman–Crippen LogP) is 3.65. The SMILES string of the molecule is O=C(COc1ccc(F)cc1)OCc1nc(-c2ccccc2Cl)no1. The van der Waals surface area contributed by atoms with E-state index in [0.717, 1.165) is 0 Å². The fraction of sp³-hybridized carbons (Fsp3) is 0.118. The highest BCUT2D eigenvalue weighted by molar-refractivity contribution is 6.33. The van der Waals surface area contributed by atoms with E-state index in [1.165, 1.54) is 24.3 Å². The maximum Gasteiger partial charge on any atom is 0.344 e. The Morgan fingerprint density at radius 2 is 1.92 bits per heavy atom. The summed E-state index contributed by atoms with van der Waals surface area (Å²) in [5.41, 5.74) is 0.616. The van der Waals surface area contributed by atoms with Crippen molar-refractivity contribution in [2.45, 2.75) is 6.61 Å². The van der Waals surface area contributed by atoms with E-state index in [1.807, 2.05) is 0 Å². The predicted molar refractivity (Wildman–Crippen MR) is 86.4 cm³/mol. The molecule has 0 bridgehead atoms. The van der Waals surface area contributed by atoms with Gasteiger partial charge in [0.25, 0.3) is 5.89 Å². The first-order valence-electron chi connectivity index (χ1n) is 7.23. The zero-order chi connectivity index (χ0) is 17.6. The van der Waals surface area contributed by atoms with Gasteiger partial charge in [0.1, 0.15) is 11.6 Å². The highest BCUT2D eigenvalue weighted by atomic mass is 35.5. The molecular formula is C17H12ClFN2O4. The lowest BCUT2D eigenvalue weighted by molar-refractivity contribution is -0.148. The molecule has 6 nitrogen and oxygen atoms in total. The molecule has 0 radical (unpaired) electrons. The van der Waals surface area contributed by atoms with Gasteiger partial charge in [0.2, 0.25) is 5.82 Å². The highest BCUT2D eigenvalue weighted by Gasteiger charge is 2.13. The van der Waals surface area contributed by atoms with Crippen molar-refractivity contribution in [2.75, 3.05) is 6.61 Å². The summed E-state index contributed by atoms with van der Waals surface area (Å²) in [6.45, 7) is -0.514. The molecule has 2 aromatic carbocycles. The van der Waals surface area contributed by atoms with Crippen molar-refractivity contribution in [3.8, 4) is 17.1 Å². The van der Waals surface area contributed by atoms with Crippen molar-refractivity contribution in [1.82, 2.24) is 10.1 Å². The van der Waals surface area contributed by atoms with Crippen LogP contribution in [0.15, 0.2) is 53.1 Å². The van der Waals surface area contributed by atoms with Gasteiger partial charge in [-0.2, -0.15) is 4.98 Å².